The smallest absolute Gasteiger partial charge is 0.354 e. The van der Waals surface area contributed by atoms with E-state index in [4.69, 9.17) is 4.74 Å². The molecule has 0 amide bonds. The average Bonchev–Trinajstić information content (AvgIpc) is 2.96. The maximum absolute atomic E-state index is 11.4. The number of nitrogens with one attached hydrogen (secondary N) is 1. The summed E-state index contributed by atoms with van der Waals surface area (Å²) in [6, 6.07) is 6.18. The summed E-state index contributed by atoms with van der Waals surface area (Å²) in [6.45, 7) is 6.01. The van der Waals surface area contributed by atoms with Crippen molar-refractivity contribution in [2.45, 2.75) is 13.5 Å². The van der Waals surface area contributed by atoms with Crippen molar-refractivity contribution in [1.82, 2.24) is 14.9 Å². The first kappa shape index (κ1) is 15.1. The Kier molecular flexibility index (Phi) is 3.70. The molecule has 6 nitrogen and oxygen atoms in total. The summed E-state index contributed by atoms with van der Waals surface area (Å²) < 4.78 is 5.42. The van der Waals surface area contributed by atoms with Crippen LogP contribution in [-0.2, 0) is 11.3 Å². The number of pyridine rings is 1. The van der Waals surface area contributed by atoms with E-state index in [1.165, 1.54) is 5.56 Å². The normalized spacial score (nSPS) is 16.0. The minimum atomic E-state index is -0.991. The number of hydrogen-bond donors (Lipinski definition) is 2. The van der Waals surface area contributed by atoms with Crippen LogP contribution in [0.25, 0.3) is 21.8 Å². The molecule has 2 aromatic heterocycles. The molecule has 6 heteroatoms. The Morgan fingerprint density at radius 2 is 2.08 bits per heavy atom. The van der Waals surface area contributed by atoms with E-state index in [1.807, 2.05) is 19.1 Å². The number of carbonyl (C=O) groups is 1. The number of benzene rings is 1. The fraction of sp³-hybridized carbons (Fsp3) is 0.333. The molecule has 3 aromatic rings. The number of aromatic amines is 1. The monoisotopic (exact) mass is 325 g/mol. The Morgan fingerprint density at radius 1 is 1.29 bits per heavy atom. The number of nitrogens with zero attached hydrogens (tertiary/aromatic N) is 2. The molecule has 1 fully saturated rings. The van der Waals surface area contributed by atoms with Gasteiger partial charge in [-0.15, -0.1) is 0 Å². The molecule has 1 aliphatic rings. The van der Waals surface area contributed by atoms with Gasteiger partial charge in [-0.25, -0.2) is 9.78 Å². The summed E-state index contributed by atoms with van der Waals surface area (Å²) in [5, 5.41) is 11.4. The molecule has 0 bridgehead atoms. The highest BCUT2D eigenvalue weighted by molar-refractivity contribution is 6.12. The van der Waals surface area contributed by atoms with Gasteiger partial charge in [-0.3, -0.25) is 4.90 Å². The van der Waals surface area contributed by atoms with Gasteiger partial charge in [-0.1, -0.05) is 12.1 Å². The second-order valence-electron chi connectivity index (χ2n) is 6.18. The molecule has 1 saturated heterocycles. The highest BCUT2D eigenvalue weighted by Crippen LogP contribution is 2.32. The summed E-state index contributed by atoms with van der Waals surface area (Å²) in [5.41, 5.74) is 3.92. The van der Waals surface area contributed by atoms with Crippen molar-refractivity contribution in [2.24, 2.45) is 0 Å². The molecular weight excluding hydrogens is 306 g/mol. The lowest BCUT2D eigenvalue weighted by Gasteiger charge is -2.26. The Labute approximate surface area is 139 Å². The molecule has 0 radical (unpaired) electrons. The molecule has 124 valence electrons. The first-order valence-electron chi connectivity index (χ1n) is 8.07. The maximum atomic E-state index is 11.4. The third-order valence-corrected chi connectivity index (χ3v) is 4.69. The zero-order valence-electron chi connectivity index (χ0n) is 13.5. The molecule has 24 heavy (non-hydrogen) atoms. The van der Waals surface area contributed by atoms with E-state index in [0.29, 0.717) is 5.56 Å². The number of H-pyrrole nitrogens is 1. The van der Waals surface area contributed by atoms with Crippen LogP contribution in [-0.4, -0.2) is 52.2 Å². The third kappa shape index (κ3) is 2.44. The van der Waals surface area contributed by atoms with Crippen LogP contribution < -0.4 is 0 Å². The number of morpholine rings is 1. The molecule has 0 unspecified atom stereocenters. The molecule has 0 spiro atoms. The van der Waals surface area contributed by atoms with E-state index >= 15 is 0 Å². The van der Waals surface area contributed by atoms with E-state index in [9.17, 15) is 9.90 Å². The zero-order valence-corrected chi connectivity index (χ0v) is 13.5. The minimum absolute atomic E-state index is 0.115. The lowest BCUT2D eigenvalue weighted by Crippen LogP contribution is -2.35. The maximum Gasteiger partial charge on any atom is 0.354 e. The first-order valence-corrected chi connectivity index (χ1v) is 8.07. The van der Waals surface area contributed by atoms with Crippen LogP contribution in [0, 0.1) is 6.92 Å². The predicted molar refractivity (Wildman–Crippen MR) is 91.4 cm³/mol. The van der Waals surface area contributed by atoms with Gasteiger partial charge in [0.05, 0.1) is 24.9 Å². The number of ether oxygens (including phenoxy) is 1. The van der Waals surface area contributed by atoms with Gasteiger partial charge in [0.25, 0.3) is 0 Å². The quantitative estimate of drug-likeness (QED) is 0.774. The van der Waals surface area contributed by atoms with Crippen molar-refractivity contribution < 1.29 is 14.6 Å². The van der Waals surface area contributed by atoms with Crippen molar-refractivity contribution in [3.8, 4) is 0 Å². The van der Waals surface area contributed by atoms with Crippen molar-refractivity contribution >= 4 is 27.8 Å². The minimum Gasteiger partial charge on any atom is -0.477 e. The van der Waals surface area contributed by atoms with Gasteiger partial charge in [0.2, 0.25) is 0 Å². The predicted octanol–water partition coefficient (Wildman–Crippen LogP) is 2.55. The van der Waals surface area contributed by atoms with Crippen molar-refractivity contribution in [1.29, 1.82) is 0 Å². The SMILES string of the molecule is Cc1c(C(=O)O)ncc2[nH]c3cccc(CN4CCOCC4)c3c12. The summed E-state index contributed by atoms with van der Waals surface area (Å²) in [4.78, 5) is 21.2. The number of aromatic nitrogens is 2. The number of carboxylic acid groups (broad SMARTS) is 1. The van der Waals surface area contributed by atoms with Crippen LogP contribution >= 0.6 is 0 Å². The van der Waals surface area contributed by atoms with Gasteiger partial charge in [0.1, 0.15) is 0 Å². The lowest BCUT2D eigenvalue weighted by molar-refractivity contribution is 0.0344. The molecule has 1 aliphatic heterocycles. The number of carboxylic acids is 1. The van der Waals surface area contributed by atoms with Gasteiger partial charge in [-0.2, -0.15) is 0 Å². The fourth-order valence-electron chi connectivity index (χ4n) is 3.52. The van der Waals surface area contributed by atoms with E-state index in [0.717, 1.165) is 54.7 Å². The van der Waals surface area contributed by atoms with Crippen LogP contribution in [0.4, 0.5) is 0 Å². The van der Waals surface area contributed by atoms with Crippen molar-refractivity contribution in [3.05, 3.63) is 41.2 Å². The molecule has 4 rings (SSSR count). The summed E-state index contributed by atoms with van der Waals surface area (Å²) >= 11 is 0. The number of hydrogen-bond acceptors (Lipinski definition) is 4. The van der Waals surface area contributed by atoms with Crippen LogP contribution in [0.3, 0.4) is 0 Å². The summed E-state index contributed by atoms with van der Waals surface area (Å²) in [5.74, 6) is -0.991. The highest BCUT2D eigenvalue weighted by Gasteiger charge is 2.19. The largest absolute Gasteiger partial charge is 0.477 e. The van der Waals surface area contributed by atoms with Crippen LogP contribution in [0.15, 0.2) is 24.4 Å². The zero-order chi connectivity index (χ0) is 16.7. The second kappa shape index (κ2) is 5.89. The topological polar surface area (TPSA) is 78.4 Å². The van der Waals surface area contributed by atoms with Crippen molar-refractivity contribution in [2.75, 3.05) is 26.3 Å². The summed E-state index contributed by atoms with van der Waals surface area (Å²) in [6.07, 6.45) is 1.62. The average molecular weight is 325 g/mol. The molecule has 0 atom stereocenters. The van der Waals surface area contributed by atoms with E-state index in [2.05, 4.69) is 20.9 Å². The lowest BCUT2D eigenvalue weighted by atomic mass is 10.0. The number of aromatic carboxylic acids is 1. The van der Waals surface area contributed by atoms with Crippen LogP contribution in [0.2, 0.25) is 0 Å². The van der Waals surface area contributed by atoms with E-state index < -0.39 is 5.97 Å². The van der Waals surface area contributed by atoms with E-state index in [-0.39, 0.29) is 5.69 Å². The second-order valence-corrected chi connectivity index (χ2v) is 6.18. The van der Waals surface area contributed by atoms with Gasteiger partial charge in [0.15, 0.2) is 5.69 Å². The fourth-order valence-corrected chi connectivity index (χ4v) is 3.52. The van der Waals surface area contributed by atoms with Crippen molar-refractivity contribution in [3.63, 3.8) is 0 Å². The van der Waals surface area contributed by atoms with Crippen LogP contribution in [0.1, 0.15) is 21.6 Å². The van der Waals surface area contributed by atoms with Gasteiger partial charge >= 0.3 is 5.97 Å². The van der Waals surface area contributed by atoms with Crippen LogP contribution in [0.5, 0.6) is 0 Å². The third-order valence-electron chi connectivity index (χ3n) is 4.69. The van der Waals surface area contributed by atoms with Gasteiger partial charge in [-0.05, 0) is 24.1 Å². The number of aryl methyl sites for hydroxylation is 1. The standard InChI is InChI=1S/C18H19N3O3/c1-11-15-14(9-19-17(11)18(22)23)20-13-4-2-3-12(16(13)15)10-21-5-7-24-8-6-21/h2-4,9,20H,5-8,10H2,1H3,(H,22,23). The highest BCUT2D eigenvalue weighted by atomic mass is 16.5. The molecular formula is C18H19N3O3. The van der Waals surface area contributed by atoms with Gasteiger partial charge < -0.3 is 14.8 Å². The first-order chi connectivity index (χ1) is 11.6. The van der Waals surface area contributed by atoms with Gasteiger partial charge in [0, 0.05) is 35.9 Å². The number of fused-ring (bicyclic) bond motifs is 3. The molecule has 1 aromatic carbocycles. The Bertz CT molecular complexity index is 926. The van der Waals surface area contributed by atoms with E-state index in [1.54, 1.807) is 6.20 Å². The Hall–Kier alpha value is -2.44. The molecule has 0 aliphatic carbocycles. The molecule has 2 N–H and O–H groups in total. The summed E-state index contributed by atoms with van der Waals surface area (Å²) in [7, 11) is 0. The Balaban J connectivity index is 1.90. The molecule has 3 heterocycles. The Morgan fingerprint density at radius 3 is 2.83 bits per heavy atom. The molecule has 0 saturated carbocycles. The number of rotatable bonds is 3.